The normalized spacial score (nSPS) is 20.0. The number of anilines is 1. The molecule has 0 bridgehead atoms. The topological polar surface area (TPSA) is 45.2 Å². The fourth-order valence-corrected chi connectivity index (χ4v) is 3.23. The first-order valence-corrected chi connectivity index (χ1v) is 7.00. The molecule has 1 aromatic heterocycles. The van der Waals surface area contributed by atoms with E-state index in [1.807, 2.05) is 7.05 Å². The van der Waals surface area contributed by atoms with Crippen LogP contribution in [0.4, 0.5) is 9.52 Å². The Hall–Kier alpha value is -1.69. The van der Waals surface area contributed by atoms with Gasteiger partial charge in [0.2, 0.25) is 5.91 Å². The highest BCUT2D eigenvalue weighted by Crippen LogP contribution is 2.27. The number of amides is 1. The number of likely N-dealkylation sites (N-methyl/N-ethyl adjacent to an activating group) is 1. The number of hydrogen-bond acceptors (Lipinski definition) is 4. The first kappa shape index (κ1) is 12.3. The summed E-state index contributed by atoms with van der Waals surface area (Å²) >= 11 is 1.44. The van der Waals surface area contributed by atoms with Crippen LogP contribution in [0.25, 0.3) is 10.2 Å². The summed E-state index contributed by atoms with van der Waals surface area (Å²) in [6, 6.07) is 4.81. The number of piperidine rings is 1. The number of nitrogens with zero attached hydrogens (tertiary/aromatic N) is 2. The van der Waals surface area contributed by atoms with Gasteiger partial charge in [-0.25, -0.2) is 9.37 Å². The molecule has 1 aromatic carbocycles. The fourth-order valence-electron chi connectivity index (χ4n) is 2.26. The Morgan fingerprint density at radius 3 is 3.16 bits per heavy atom. The van der Waals surface area contributed by atoms with Gasteiger partial charge >= 0.3 is 0 Å². The predicted octanol–water partition coefficient (Wildman–Crippen LogP) is 2.47. The van der Waals surface area contributed by atoms with Gasteiger partial charge in [-0.1, -0.05) is 11.3 Å². The molecule has 0 radical (unpaired) electrons. The predicted molar refractivity (Wildman–Crippen MR) is 73.9 cm³/mol. The largest absolute Gasteiger partial charge is 0.357 e. The van der Waals surface area contributed by atoms with E-state index in [0.717, 1.165) is 21.8 Å². The number of thiazole rings is 1. The van der Waals surface area contributed by atoms with Crippen molar-refractivity contribution >= 4 is 32.6 Å². The highest BCUT2D eigenvalue weighted by atomic mass is 32.1. The van der Waals surface area contributed by atoms with Crippen LogP contribution in [0.3, 0.4) is 0 Å². The van der Waals surface area contributed by atoms with Crippen molar-refractivity contribution in [1.82, 2.24) is 9.88 Å². The number of benzene rings is 1. The average Bonchev–Trinajstić information content (AvgIpc) is 2.75. The standard InChI is InChI=1S/C13H14FN3OS/c1-17-7-9(3-5-12(17)18)15-13-16-10-4-2-8(14)6-11(10)19-13/h2,4,6,9H,3,5,7H2,1H3,(H,15,16). The van der Waals surface area contributed by atoms with Crippen LogP contribution in [0.1, 0.15) is 12.8 Å². The lowest BCUT2D eigenvalue weighted by Gasteiger charge is -2.29. The van der Waals surface area contributed by atoms with Crippen LogP contribution in [0, 0.1) is 5.82 Å². The van der Waals surface area contributed by atoms with E-state index in [4.69, 9.17) is 0 Å². The van der Waals surface area contributed by atoms with Gasteiger partial charge in [-0.3, -0.25) is 4.79 Å². The summed E-state index contributed by atoms with van der Waals surface area (Å²) in [5.41, 5.74) is 0.800. The summed E-state index contributed by atoms with van der Waals surface area (Å²) in [7, 11) is 1.81. The second-order valence-electron chi connectivity index (χ2n) is 4.79. The van der Waals surface area contributed by atoms with Crippen molar-refractivity contribution in [2.45, 2.75) is 18.9 Å². The maximum atomic E-state index is 13.1. The molecule has 3 rings (SSSR count). The molecule has 1 saturated heterocycles. The van der Waals surface area contributed by atoms with Crippen molar-refractivity contribution in [3.8, 4) is 0 Å². The van der Waals surface area contributed by atoms with Crippen LogP contribution in [0.15, 0.2) is 18.2 Å². The van der Waals surface area contributed by atoms with E-state index >= 15 is 0 Å². The molecule has 100 valence electrons. The molecule has 4 nitrogen and oxygen atoms in total. The highest BCUT2D eigenvalue weighted by molar-refractivity contribution is 7.22. The minimum Gasteiger partial charge on any atom is -0.357 e. The maximum absolute atomic E-state index is 13.1. The molecule has 1 atom stereocenters. The number of hydrogen-bond donors (Lipinski definition) is 1. The Kier molecular flexibility index (Phi) is 3.10. The fraction of sp³-hybridized carbons (Fsp3) is 0.385. The van der Waals surface area contributed by atoms with E-state index < -0.39 is 0 Å². The van der Waals surface area contributed by atoms with Gasteiger partial charge in [0.05, 0.1) is 10.2 Å². The van der Waals surface area contributed by atoms with Crippen LogP contribution in [-0.4, -0.2) is 35.4 Å². The number of fused-ring (bicyclic) bond motifs is 1. The van der Waals surface area contributed by atoms with Gasteiger partial charge in [0.25, 0.3) is 0 Å². The molecule has 0 spiro atoms. The molecule has 1 aliphatic rings. The number of carbonyl (C=O) groups is 1. The van der Waals surface area contributed by atoms with E-state index in [0.29, 0.717) is 13.0 Å². The summed E-state index contributed by atoms with van der Waals surface area (Å²) in [6.45, 7) is 0.684. The summed E-state index contributed by atoms with van der Waals surface area (Å²) < 4.78 is 13.9. The lowest BCUT2D eigenvalue weighted by Crippen LogP contribution is -2.43. The summed E-state index contributed by atoms with van der Waals surface area (Å²) in [6.07, 6.45) is 1.38. The molecular weight excluding hydrogens is 265 g/mol. The molecule has 1 aliphatic heterocycles. The molecule has 1 unspecified atom stereocenters. The Balaban J connectivity index is 1.76. The van der Waals surface area contributed by atoms with Crippen LogP contribution in [0.5, 0.6) is 0 Å². The average molecular weight is 279 g/mol. The Labute approximate surface area is 114 Å². The zero-order valence-electron chi connectivity index (χ0n) is 10.5. The second-order valence-corrected chi connectivity index (χ2v) is 5.82. The van der Waals surface area contributed by atoms with E-state index in [9.17, 15) is 9.18 Å². The van der Waals surface area contributed by atoms with Gasteiger partial charge in [-0.15, -0.1) is 0 Å². The van der Waals surface area contributed by atoms with Crippen molar-refractivity contribution in [3.05, 3.63) is 24.0 Å². The first-order chi connectivity index (χ1) is 9.11. The Morgan fingerprint density at radius 2 is 2.37 bits per heavy atom. The summed E-state index contributed by atoms with van der Waals surface area (Å²) in [5.74, 6) is -0.0601. The molecule has 1 amide bonds. The van der Waals surface area contributed by atoms with Crippen molar-refractivity contribution in [3.63, 3.8) is 0 Å². The highest BCUT2D eigenvalue weighted by Gasteiger charge is 2.23. The number of halogens is 1. The number of aromatic nitrogens is 1. The van der Waals surface area contributed by atoms with Crippen LogP contribution in [0.2, 0.25) is 0 Å². The third kappa shape index (κ3) is 2.53. The van der Waals surface area contributed by atoms with E-state index in [1.165, 1.54) is 23.5 Å². The Morgan fingerprint density at radius 1 is 1.53 bits per heavy atom. The quantitative estimate of drug-likeness (QED) is 0.918. The molecule has 0 aliphatic carbocycles. The molecule has 2 heterocycles. The molecule has 1 fully saturated rings. The first-order valence-electron chi connectivity index (χ1n) is 6.18. The van der Waals surface area contributed by atoms with Crippen molar-refractivity contribution in [2.75, 3.05) is 18.9 Å². The van der Waals surface area contributed by atoms with Crippen LogP contribution in [-0.2, 0) is 4.79 Å². The van der Waals surface area contributed by atoms with E-state index in [1.54, 1.807) is 11.0 Å². The number of nitrogens with one attached hydrogen (secondary N) is 1. The zero-order chi connectivity index (χ0) is 13.4. The Bertz CT molecular complexity index is 627. The summed E-state index contributed by atoms with van der Waals surface area (Å²) in [5, 5.41) is 4.12. The third-order valence-electron chi connectivity index (χ3n) is 3.30. The molecule has 19 heavy (non-hydrogen) atoms. The van der Waals surface area contributed by atoms with Crippen molar-refractivity contribution in [1.29, 1.82) is 0 Å². The second kappa shape index (κ2) is 4.77. The SMILES string of the molecule is CN1CC(Nc2nc3ccc(F)cc3s2)CCC1=O. The molecular formula is C13H14FN3OS. The number of rotatable bonds is 2. The minimum absolute atomic E-state index is 0.185. The van der Waals surface area contributed by atoms with Gasteiger partial charge in [-0.2, -0.15) is 0 Å². The monoisotopic (exact) mass is 279 g/mol. The summed E-state index contributed by atoms with van der Waals surface area (Å²) in [4.78, 5) is 17.6. The van der Waals surface area contributed by atoms with Gasteiger partial charge < -0.3 is 10.2 Å². The lowest BCUT2D eigenvalue weighted by atomic mass is 10.1. The third-order valence-corrected chi connectivity index (χ3v) is 4.25. The minimum atomic E-state index is -0.245. The molecule has 0 saturated carbocycles. The van der Waals surface area contributed by atoms with Gasteiger partial charge in [0.1, 0.15) is 5.82 Å². The smallest absolute Gasteiger partial charge is 0.222 e. The van der Waals surface area contributed by atoms with Crippen molar-refractivity contribution < 1.29 is 9.18 Å². The zero-order valence-corrected chi connectivity index (χ0v) is 11.3. The number of carbonyl (C=O) groups excluding carboxylic acids is 1. The van der Waals surface area contributed by atoms with Crippen LogP contribution >= 0.6 is 11.3 Å². The van der Waals surface area contributed by atoms with Gasteiger partial charge in [-0.05, 0) is 24.6 Å². The maximum Gasteiger partial charge on any atom is 0.222 e. The van der Waals surface area contributed by atoms with Crippen molar-refractivity contribution in [2.24, 2.45) is 0 Å². The van der Waals surface area contributed by atoms with Gasteiger partial charge in [0.15, 0.2) is 5.13 Å². The molecule has 6 heteroatoms. The van der Waals surface area contributed by atoms with E-state index in [-0.39, 0.29) is 17.8 Å². The lowest BCUT2D eigenvalue weighted by molar-refractivity contribution is -0.132. The number of likely N-dealkylation sites (tertiary alicyclic amines) is 1. The molecule has 2 aromatic rings. The van der Waals surface area contributed by atoms with Gasteiger partial charge in [0, 0.05) is 26.1 Å². The molecule has 1 N–H and O–H groups in total. The van der Waals surface area contributed by atoms with E-state index in [2.05, 4.69) is 10.3 Å². The van der Waals surface area contributed by atoms with Crippen LogP contribution < -0.4 is 5.32 Å².